The molecule has 1 N–H and O–H groups in total. The highest BCUT2D eigenvalue weighted by Gasteiger charge is 2.20. The molecular weight excluding hydrogens is 253 g/mol. The van der Waals surface area contributed by atoms with Crippen LogP contribution < -0.4 is 5.32 Å². The zero-order chi connectivity index (χ0) is 14.4. The second-order valence-electron chi connectivity index (χ2n) is 5.74. The summed E-state index contributed by atoms with van der Waals surface area (Å²) in [4.78, 5) is 0. The molecule has 1 aliphatic heterocycles. The van der Waals surface area contributed by atoms with Crippen LogP contribution in [-0.4, -0.2) is 19.3 Å². The van der Waals surface area contributed by atoms with Gasteiger partial charge in [-0.05, 0) is 57.2 Å². The van der Waals surface area contributed by atoms with Crippen LogP contribution in [0.25, 0.3) is 0 Å². The molecule has 0 saturated carbocycles. The molecule has 2 nitrogen and oxygen atoms in total. The third kappa shape index (κ3) is 4.29. The Morgan fingerprint density at radius 1 is 1.45 bits per heavy atom. The molecule has 3 heteroatoms. The molecule has 1 heterocycles. The van der Waals surface area contributed by atoms with E-state index in [0.717, 1.165) is 56.4 Å². The monoisotopic (exact) mass is 279 g/mol. The van der Waals surface area contributed by atoms with Crippen molar-refractivity contribution in [1.29, 1.82) is 0 Å². The molecule has 20 heavy (non-hydrogen) atoms. The number of benzene rings is 1. The normalized spacial score (nSPS) is 20.2. The van der Waals surface area contributed by atoms with Crippen molar-refractivity contribution in [3.63, 3.8) is 0 Å². The first-order valence-corrected chi connectivity index (χ1v) is 7.81. The number of rotatable bonds is 7. The average molecular weight is 279 g/mol. The van der Waals surface area contributed by atoms with Crippen molar-refractivity contribution in [2.75, 3.05) is 13.2 Å². The predicted molar refractivity (Wildman–Crippen MR) is 80.4 cm³/mol. The van der Waals surface area contributed by atoms with Gasteiger partial charge in [0, 0.05) is 18.2 Å². The summed E-state index contributed by atoms with van der Waals surface area (Å²) < 4.78 is 19.8. The summed E-state index contributed by atoms with van der Waals surface area (Å²) in [5, 5.41) is 3.47. The molecule has 2 atom stereocenters. The van der Waals surface area contributed by atoms with Gasteiger partial charge in [-0.15, -0.1) is 0 Å². The van der Waals surface area contributed by atoms with E-state index in [1.54, 1.807) is 6.07 Å². The van der Waals surface area contributed by atoms with Gasteiger partial charge in [0.15, 0.2) is 0 Å². The number of ether oxygens (including phenoxy) is 1. The molecule has 112 valence electrons. The maximum Gasteiger partial charge on any atom is 0.128 e. The van der Waals surface area contributed by atoms with Gasteiger partial charge < -0.3 is 10.1 Å². The van der Waals surface area contributed by atoms with Crippen LogP contribution in [0.4, 0.5) is 4.39 Å². The van der Waals surface area contributed by atoms with E-state index in [9.17, 15) is 4.39 Å². The Hall–Kier alpha value is -0.930. The van der Waals surface area contributed by atoms with E-state index in [2.05, 4.69) is 12.2 Å². The van der Waals surface area contributed by atoms with Gasteiger partial charge in [0.25, 0.3) is 0 Å². The topological polar surface area (TPSA) is 21.3 Å². The van der Waals surface area contributed by atoms with E-state index in [1.165, 1.54) is 0 Å². The van der Waals surface area contributed by atoms with Crippen LogP contribution in [0, 0.1) is 12.7 Å². The van der Waals surface area contributed by atoms with E-state index < -0.39 is 0 Å². The Morgan fingerprint density at radius 2 is 2.30 bits per heavy atom. The van der Waals surface area contributed by atoms with Crippen molar-refractivity contribution in [3.8, 4) is 0 Å². The summed E-state index contributed by atoms with van der Waals surface area (Å²) in [7, 11) is 0. The zero-order valence-electron chi connectivity index (χ0n) is 12.6. The Bertz CT molecular complexity index is 415. The fourth-order valence-electron chi connectivity index (χ4n) is 2.83. The van der Waals surface area contributed by atoms with Crippen molar-refractivity contribution >= 4 is 0 Å². The van der Waals surface area contributed by atoms with Gasteiger partial charge >= 0.3 is 0 Å². The maximum absolute atomic E-state index is 14.2. The second kappa shape index (κ2) is 7.75. The van der Waals surface area contributed by atoms with E-state index in [0.29, 0.717) is 6.10 Å². The summed E-state index contributed by atoms with van der Waals surface area (Å²) in [6.45, 7) is 5.86. The quantitative estimate of drug-likeness (QED) is 0.810. The summed E-state index contributed by atoms with van der Waals surface area (Å²) in [6.07, 6.45) is 5.69. The summed E-state index contributed by atoms with van der Waals surface area (Å²) in [5.74, 6) is -0.0917. The summed E-state index contributed by atoms with van der Waals surface area (Å²) >= 11 is 0. The Labute approximate surface area is 121 Å². The number of aryl methyl sites for hydroxylation is 1. The fourth-order valence-corrected chi connectivity index (χ4v) is 2.83. The van der Waals surface area contributed by atoms with Crippen LogP contribution in [0.3, 0.4) is 0 Å². The minimum atomic E-state index is -0.0917. The molecule has 0 amide bonds. The van der Waals surface area contributed by atoms with Gasteiger partial charge in [-0.1, -0.05) is 19.1 Å². The lowest BCUT2D eigenvalue weighted by Gasteiger charge is -2.21. The fraction of sp³-hybridized carbons (Fsp3) is 0.647. The molecule has 0 aromatic heterocycles. The van der Waals surface area contributed by atoms with Crippen molar-refractivity contribution in [1.82, 2.24) is 5.32 Å². The molecule has 0 aliphatic carbocycles. The summed E-state index contributed by atoms with van der Waals surface area (Å²) in [6, 6.07) is 5.64. The molecule has 1 fully saturated rings. The third-order valence-electron chi connectivity index (χ3n) is 3.97. The molecule has 1 aliphatic rings. The SMILES string of the molecule is CCCNC(CCC1CCCO1)c1ccc(C)cc1F. The minimum Gasteiger partial charge on any atom is -0.378 e. The van der Waals surface area contributed by atoms with Gasteiger partial charge in [0.1, 0.15) is 5.82 Å². The Kier molecular flexibility index (Phi) is 5.99. The number of hydrogen-bond acceptors (Lipinski definition) is 2. The van der Waals surface area contributed by atoms with Crippen LogP contribution in [0.5, 0.6) is 0 Å². The van der Waals surface area contributed by atoms with Crippen molar-refractivity contribution in [2.45, 2.75) is 58.1 Å². The van der Waals surface area contributed by atoms with Crippen LogP contribution in [0.1, 0.15) is 56.2 Å². The van der Waals surface area contributed by atoms with Gasteiger partial charge in [-0.25, -0.2) is 4.39 Å². The maximum atomic E-state index is 14.2. The molecule has 1 saturated heterocycles. The van der Waals surface area contributed by atoms with Crippen molar-refractivity contribution < 1.29 is 9.13 Å². The van der Waals surface area contributed by atoms with Crippen molar-refractivity contribution in [3.05, 3.63) is 35.1 Å². The van der Waals surface area contributed by atoms with Crippen molar-refractivity contribution in [2.24, 2.45) is 0 Å². The lowest BCUT2D eigenvalue weighted by Crippen LogP contribution is -2.24. The lowest BCUT2D eigenvalue weighted by atomic mass is 9.97. The van der Waals surface area contributed by atoms with E-state index >= 15 is 0 Å². The number of nitrogens with one attached hydrogen (secondary N) is 1. The molecule has 2 unspecified atom stereocenters. The molecular formula is C17H26FNO. The number of hydrogen-bond donors (Lipinski definition) is 1. The van der Waals surface area contributed by atoms with Gasteiger partial charge in [-0.2, -0.15) is 0 Å². The van der Waals surface area contributed by atoms with Gasteiger partial charge in [0.2, 0.25) is 0 Å². The Balaban J connectivity index is 2.01. The molecule has 1 aromatic carbocycles. The molecule has 0 radical (unpaired) electrons. The highest BCUT2D eigenvalue weighted by molar-refractivity contribution is 5.26. The van der Waals surface area contributed by atoms with Crippen LogP contribution in [-0.2, 0) is 4.74 Å². The highest BCUT2D eigenvalue weighted by atomic mass is 19.1. The molecule has 1 aromatic rings. The van der Waals surface area contributed by atoms with Gasteiger partial charge in [0.05, 0.1) is 6.10 Å². The first-order valence-electron chi connectivity index (χ1n) is 7.81. The largest absolute Gasteiger partial charge is 0.378 e. The Morgan fingerprint density at radius 3 is 2.95 bits per heavy atom. The first-order chi connectivity index (χ1) is 9.70. The summed E-state index contributed by atoms with van der Waals surface area (Å²) in [5.41, 5.74) is 1.77. The van der Waals surface area contributed by atoms with E-state index in [-0.39, 0.29) is 11.9 Å². The molecule has 0 spiro atoms. The standard InChI is InChI=1S/C17H26FNO/c1-3-10-19-17(9-7-14-5-4-11-20-14)15-8-6-13(2)12-16(15)18/h6,8,12,14,17,19H,3-5,7,9-11H2,1-2H3. The smallest absolute Gasteiger partial charge is 0.128 e. The molecule has 0 bridgehead atoms. The first kappa shape index (κ1) is 15.5. The predicted octanol–water partition coefficient (Wildman–Crippen LogP) is 4.13. The minimum absolute atomic E-state index is 0.0917. The zero-order valence-corrected chi connectivity index (χ0v) is 12.6. The average Bonchev–Trinajstić information content (AvgIpc) is 2.93. The van der Waals surface area contributed by atoms with Crippen LogP contribution in [0.2, 0.25) is 0 Å². The van der Waals surface area contributed by atoms with E-state index in [4.69, 9.17) is 4.74 Å². The third-order valence-corrected chi connectivity index (χ3v) is 3.97. The van der Waals surface area contributed by atoms with Crippen LogP contribution >= 0.6 is 0 Å². The lowest BCUT2D eigenvalue weighted by molar-refractivity contribution is 0.0994. The van der Waals surface area contributed by atoms with Crippen LogP contribution in [0.15, 0.2) is 18.2 Å². The number of halogens is 1. The molecule has 2 rings (SSSR count). The highest BCUT2D eigenvalue weighted by Crippen LogP contribution is 2.26. The second-order valence-corrected chi connectivity index (χ2v) is 5.74. The van der Waals surface area contributed by atoms with Gasteiger partial charge in [-0.3, -0.25) is 0 Å². The van der Waals surface area contributed by atoms with E-state index in [1.807, 2.05) is 19.1 Å².